The van der Waals surface area contributed by atoms with Crippen LogP contribution in [0.2, 0.25) is 5.02 Å². The number of nitrogens with one attached hydrogen (secondary N) is 1. The van der Waals surface area contributed by atoms with Gasteiger partial charge in [0.15, 0.2) is 5.69 Å². The Morgan fingerprint density at radius 1 is 1.31 bits per heavy atom. The minimum absolute atomic E-state index is 0.0415. The molecular formula is C16H22ClF3N4O2. The van der Waals surface area contributed by atoms with E-state index in [9.17, 15) is 18.0 Å². The smallest absolute Gasteiger partial charge is 0.379 e. The van der Waals surface area contributed by atoms with Gasteiger partial charge in [-0.15, -0.1) is 0 Å². The number of halogens is 4. The van der Waals surface area contributed by atoms with Crippen molar-refractivity contribution in [1.82, 2.24) is 20.0 Å². The van der Waals surface area contributed by atoms with Crippen molar-refractivity contribution in [3.05, 3.63) is 16.4 Å². The number of carbonyl (C=O) groups excluding carboxylic acids is 1. The van der Waals surface area contributed by atoms with Crippen LogP contribution in [0.1, 0.15) is 36.6 Å². The van der Waals surface area contributed by atoms with Crippen LogP contribution in [0.4, 0.5) is 13.2 Å². The second-order valence-electron chi connectivity index (χ2n) is 6.64. The first kappa shape index (κ1) is 19.4. The van der Waals surface area contributed by atoms with Crippen molar-refractivity contribution < 1.29 is 22.7 Å². The highest BCUT2D eigenvalue weighted by Gasteiger charge is 2.42. The number of hydrogen-bond acceptors (Lipinski definition) is 4. The van der Waals surface area contributed by atoms with Crippen LogP contribution in [-0.2, 0) is 22.3 Å². The van der Waals surface area contributed by atoms with Gasteiger partial charge in [-0.05, 0) is 25.8 Å². The highest BCUT2D eigenvalue weighted by molar-refractivity contribution is 6.32. The van der Waals surface area contributed by atoms with E-state index in [1.807, 2.05) is 0 Å². The third kappa shape index (κ3) is 4.89. The zero-order valence-corrected chi connectivity index (χ0v) is 15.1. The van der Waals surface area contributed by atoms with Crippen molar-refractivity contribution >= 4 is 17.5 Å². The Bertz CT molecular complexity index is 640. The maximum atomic E-state index is 13.0. The summed E-state index contributed by atoms with van der Waals surface area (Å²) in [5, 5.41) is 5.93. The third-order valence-corrected chi connectivity index (χ3v) is 4.91. The molecule has 0 unspecified atom stereocenters. The van der Waals surface area contributed by atoms with Gasteiger partial charge in [-0.25, -0.2) is 0 Å². The number of morpholine rings is 1. The largest absolute Gasteiger partial charge is 0.436 e. The fourth-order valence-corrected chi connectivity index (χ4v) is 3.45. The third-order valence-electron chi connectivity index (χ3n) is 4.53. The van der Waals surface area contributed by atoms with E-state index in [-0.39, 0.29) is 23.4 Å². The lowest BCUT2D eigenvalue weighted by atomic mass is 10.2. The monoisotopic (exact) mass is 394 g/mol. The predicted octanol–water partition coefficient (Wildman–Crippen LogP) is 2.27. The molecule has 1 aliphatic heterocycles. The zero-order chi connectivity index (χ0) is 18.7. The zero-order valence-electron chi connectivity index (χ0n) is 14.3. The molecule has 3 rings (SSSR count). The summed E-state index contributed by atoms with van der Waals surface area (Å²) in [4.78, 5) is 14.4. The highest BCUT2D eigenvalue weighted by atomic mass is 35.5. The number of amides is 1. The lowest BCUT2D eigenvalue weighted by molar-refractivity contribution is -0.141. The minimum atomic E-state index is -4.62. The number of carbonyl (C=O) groups is 1. The molecule has 0 spiro atoms. The van der Waals surface area contributed by atoms with E-state index in [1.54, 1.807) is 0 Å². The van der Waals surface area contributed by atoms with Crippen LogP contribution in [0.25, 0.3) is 0 Å². The Kier molecular flexibility index (Phi) is 6.09. The lowest BCUT2D eigenvalue weighted by Gasteiger charge is -2.26. The van der Waals surface area contributed by atoms with Crippen LogP contribution < -0.4 is 5.32 Å². The Hall–Kier alpha value is -1.32. The molecule has 2 fully saturated rings. The van der Waals surface area contributed by atoms with Crippen LogP contribution in [0, 0.1) is 0 Å². The maximum absolute atomic E-state index is 13.0. The van der Waals surface area contributed by atoms with E-state index < -0.39 is 11.9 Å². The molecule has 2 aliphatic rings. The molecule has 1 N–H and O–H groups in total. The van der Waals surface area contributed by atoms with Crippen molar-refractivity contribution in [3.8, 4) is 0 Å². The van der Waals surface area contributed by atoms with Crippen molar-refractivity contribution in [2.75, 3.05) is 39.4 Å². The average Bonchev–Trinajstić information content (AvgIpc) is 3.36. The molecule has 2 heterocycles. The summed E-state index contributed by atoms with van der Waals surface area (Å²) >= 11 is 5.89. The summed E-state index contributed by atoms with van der Waals surface area (Å²) in [7, 11) is 0. The van der Waals surface area contributed by atoms with Gasteiger partial charge in [-0.1, -0.05) is 11.6 Å². The summed E-state index contributed by atoms with van der Waals surface area (Å²) in [6.45, 7) is 4.27. The molecule has 146 valence electrons. The molecule has 1 aromatic rings. The SMILES string of the molecule is O=C(Cn1nc(C(F)(F)F)c(Cl)c1C1CC1)NCCCN1CCOCC1. The number of aromatic nitrogens is 2. The van der Waals surface area contributed by atoms with Crippen LogP contribution in [0.5, 0.6) is 0 Å². The Balaban J connectivity index is 1.52. The van der Waals surface area contributed by atoms with Crippen molar-refractivity contribution in [2.45, 2.75) is 37.9 Å². The van der Waals surface area contributed by atoms with Gasteiger partial charge in [0.05, 0.1) is 23.9 Å². The van der Waals surface area contributed by atoms with Gasteiger partial charge in [-0.3, -0.25) is 14.4 Å². The highest BCUT2D eigenvalue weighted by Crippen LogP contribution is 2.46. The van der Waals surface area contributed by atoms with Gasteiger partial charge in [0.1, 0.15) is 6.54 Å². The number of ether oxygens (including phenoxy) is 1. The van der Waals surface area contributed by atoms with Crippen LogP contribution in [0.3, 0.4) is 0 Å². The van der Waals surface area contributed by atoms with E-state index in [4.69, 9.17) is 16.3 Å². The van der Waals surface area contributed by atoms with Crippen LogP contribution in [-0.4, -0.2) is 60.0 Å². The lowest BCUT2D eigenvalue weighted by Crippen LogP contribution is -2.38. The standard InChI is InChI=1S/C16H22ClF3N4O2/c17-13-14(11-2-3-11)24(22-15(13)16(18,19)20)10-12(25)21-4-1-5-23-6-8-26-9-7-23/h11H,1-10H2,(H,21,25). The first-order valence-electron chi connectivity index (χ1n) is 8.76. The Morgan fingerprint density at radius 2 is 2.00 bits per heavy atom. The van der Waals surface area contributed by atoms with Crippen molar-refractivity contribution in [3.63, 3.8) is 0 Å². The summed E-state index contributed by atoms with van der Waals surface area (Å²) in [6.07, 6.45) is -2.32. The van der Waals surface area contributed by atoms with Gasteiger partial charge in [0, 0.05) is 25.6 Å². The van der Waals surface area contributed by atoms with E-state index >= 15 is 0 Å². The van der Waals surface area contributed by atoms with Gasteiger partial charge in [-0.2, -0.15) is 18.3 Å². The fraction of sp³-hybridized carbons (Fsp3) is 0.750. The predicted molar refractivity (Wildman–Crippen MR) is 89.1 cm³/mol. The van der Waals surface area contributed by atoms with Gasteiger partial charge < -0.3 is 10.1 Å². The van der Waals surface area contributed by atoms with Gasteiger partial charge >= 0.3 is 6.18 Å². The maximum Gasteiger partial charge on any atom is 0.436 e. The molecule has 1 aliphatic carbocycles. The molecule has 0 atom stereocenters. The number of rotatable bonds is 7. The molecule has 1 amide bonds. The molecule has 0 radical (unpaired) electrons. The molecular weight excluding hydrogens is 373 g/mol. The van der Waals surface area contributed by atoms with E-state index in [2.05, 4.69) is 15.3 Å². The molecule has 0 bridgehead atoms. The number of hydrogen-bond donors (Lipinski definition) is 1. The summed E-state index contributed by atoms with van der Waals surface area (Å²) in [5.41, 5.74) is -0.788. The normalized spacial score (nSPS) is 18.9. The summed E-state index contributed by atoms with van der Waals surface area (Å²) in [6, 6.07) is 0. The number of nitrogens with zero attached hydrogens (tertiary/aromatic N) is 3. The fourth-order valence-electron chi connectivity index (χ4n) is 3.05. The molecule has 26 heavy (non-hydrogen) atoms. The van der Waals surface area contributed by atoms with Crippen molar-refractivity contribution in [2.24, 2.45) is 0 Å². The molecule has 6 nitrogen and oxygen atoms in total. The van der Waals surface area contributed by atoms with E-state index in [0.717, 1.165) is 56.8 Å². The number of alkyl halides is 3. The van der Waals surface area contributed by atoms with E-state index in [0.29, 0.717) is 12.2 Å². The first-order valence-corrected chi connectivity index (χ1v) is 9.14. The quantitative estimate of drug-likeness (QED) is 0.721. The Morgan fingerprint density at radius 3 is 2.62 bits per heavy atom. The summed E-state index contributed by atoms with van der Waals surface area (Å²) < 4.78 is 45.4. The van der Waals surface area contributed by atoms with Gasteiger partial charge in [0.2, 0.25) is 5.91 Å². The molecule has 1 saturated carbocycles. The van der Waals surface area contributed by atoms with Crippen LogP contribution >= 0.6 is 11.6 Å². The average molecular weight is 395 g/mol. The molecule has 10 heteroatoms. The van der Waals surface area contributed by atoms with E-state index in [1.165, 1.54) is 0 Å². The first-order chi connectivity index (χ1) is 12.4. The second kappa shape index (κ2) is 8.14. The molecule has 0 aromatic carbocycles. The van der Waals surface area contributed by atoms with Crippen molar-refractivity contribution in [1.29, 1.82) is 0 Å². The van der Waals surface area contributed by atoms with Crippen LogP contribution in [0.15, 0.2) is 0 Å². The Labute approximate surface area is 154 Å². The minimum Gasteiger partial charge on any atom is -0.379 e. The molecule has 1 aromatic heterocycles. The molecule has 1 saturated heterocycles. The summed E-state index contributed by atoms with van der Waals surface area (Å²) in [5.74, 6) is -0.401. The second-order valence-corrected chi connectivity index (χ2v) is 7.01. The topological polar surface area (TPSA) is 59.4 Å². The van der Waals surface area contributed by atoms with Gasteiger partial charge in [0.25, 0.3) is 0 Å².